The molecule has 0 radical (unpaired) electrons. The molecule has 1 fully saturated rings. The molecule has 65 heavy (non-hydrogen) atoms. The number of amides is 1. The summed E-state index contributed by atoms with van der Waals surface area (Å²) in [5.74, 6) is -0.182. The molecule has 9 heteroatoms. The Labute approximate surface area is 400 Å². The van der Waals surface area contributed by atoms with Crippen LogP contribution in [0.15, 0.2) is 24.3 Å². The zero-order chi connectivity index (χ0) is 47.3. The van der Waals surface area contributed by atoms with Crippen molar-refractivity contribution in [3.8, 4) is 0 Å². The van der Waals surface area contributed by atoms with Crippen LogP contribution in [0.3, 0.4) is 0 Å². The van der Waals surface area contributed by atoms with Gasteiger partial charge in [-0.2, -0.15) is 0 Å². The second-order valence-corrected chi connectivity index (χ2v) is 19.7. The van der Waals surface area contributed by atoms with E-state index in [9.17, 15) is 30.3 Å². The molecule has 1 aliphatic rings. The summed E-state index contributed by atoms with van der Waals surface area (Å²) in [6, 6.07) is -0.807. The van der Waals surface area contributed by atoms with Gasteiger partial charge in [0.15, 0.2) is 6.29 Å². The van der Waals surface area contributed by atoms with Gasteiger partial charge in [0.25, 0.3) is 0 Å². The van der Waals surface area contributed by atoms with Crippen molar-refractivity contribution >= 4 is 5.91 Å². The van der Waals surface area contributed by atoms with Crippen molar-refractivity contribution < 1.29 is 39.8 Å². The molecular weight excluding hydrogens is 815 g/mol. The van der Waals surface area contributed by atoms with E-state index < -0.39 is 49.5 Å². The maximum Gasteiger partial charge on any atom is 0.220 e. The lowest BCUT2D eigenvalue weighted by Gasteiger charge is -2.40. The summed E-state index contributed by atoms with van der Waals surface area (Å²) in [4.78, 5) is 13.0. The highest BCUT2D eigenvalue weighted by Crippen LogP contribution is 2.23. The fourth-order valence-corrected chi connectivity index (χ4v) is 9.04. The van der Waals surface area contributed by atoms with E-state index in [0.29, 0.717) is 6.42 Å². The van der Waals surface area contributed by atoms with Crippen LogP contribution in [0.4, 0.5) is 0 Å². The SMILES string of the molecule is CCCCCCCCC/C=C\CCCCCCCC(=O)NC(COC1OC(CO)C(O)C(O)C1O)C(O)/C=C/CCCCCCCCCCCCCCCCCCCCCCCCCC. The van der Waals surface area contributed by atoms with Gasteiger partial charge in [0.05, 0.1) is 25.4 Å². The third-order valence-corrected chi connectivity index (χ3v) is 13.5. The zero-order valence-electron chi connectivity index (χ0n) is 42.5. The summed E-state index contributed by atoms with van der Waals surface area (Å²) in [7, 11) is 0. The van der Waals surface area contributed by atoms with Crippen LogP contribution in [0.25, 0.3) is 0 Å². The van der Waals surface area contributed by atoms with Crippen molar-refractivity contribution in [3.05, 3.63) is 24.3 Å². The quantitative estimate of drug-likeness (QED) is 0.0261. The van der Waals surface area contributed by atoms with Crippen molar-refractivity contribution in [3.63, 3.8) is 0 Å². The lowest BCUT2D eigenvalue weighted by Crippen LogP contribution is -2.60. The number of ether oxygens (including phenoxy) is 2. The molecule has 0 saturated carbocycles. The van der Waals surface area contributed by atoms with E-state index in [2.05, 4.69) is 31.3 Å². The number of aliphatic hydroxyl groups excluding tert-OH is 5. The van der Waals surface area contributed by atoms with Crippen molar-refractivity contribution in [2.75, 3.05) is 13.2 Å². The maximum atomic E-state index is 13.0. The van der Waals surface area contributed by atoms with E-state index in [0.717, 1.165) is 57.8 Å². The van der Waals surface area contributed by atoms with Gasteiger partial charge >= 0.3 is 0 Å². The first-order valence-electron chi connectivity index (χ1n) is 28.1. The molecule has 0 bridgehead atoms. The third kappa shape index (κ3) is 36.3. The molecule has 0 spiro atoms. The standard InChI is InChI=1S/C56H107NO8/c1-3-5-7-9-11-13-15-17-19-21-22-23-24-25-26-27-28-29-30-31-33-35-37-39-41-43-45-50(59)49(48-64-56-55(63)54(62)53(61)51(47-58)65-56)57-52(60)46-44-42-40-38-36-34-32-20-18-16-14-12-10-8-6-4-2/h20,32,43,45,49-51,53-56,58-59,61-63H,3-19,21-31,33-42,44,46-48H2,1-2H3,(H,57,60)/b32-20-,45-43+. The van der Waals surface area contributed by atoms with Gasteiger partial charge in [-0.1, -0.05) is 244 Å². The fourth-order valence-electron chi connectivity index (χ4n) is 9.04. The van der Waals surface area contributed by atoms with Crippen molar-refractivity contribution in [1.82, 2.24) is 5.32 Å². The molecule has 384 valence electrons. The largest absolute Gasteiger partial charge is 0.394 e. The second kappa shape index (κ2) is 46.4. The average molecular weight is 922 g/mol. The Hall–Kier alpha value is -1.33. The molecule has 1 aliphatic heterocycles. The minimum Gasteiger partial charge on any atom is -0.394 e. The monoisotopic (exact) mass is 922 g/mol. The normalized spacial score (nSPS) is 20.0. The number of rotatable bonds is 48. The van der Waals surface area contributed by atoms with Crippen LogP contribution in [-0.2, 0) is 14.3 Å². The predicted molar refractivity (Wildman–Crippen MR) is 272 cm³/mol. The van der Waals surface area contributed by atoms with Gasteiger partial charge in [-0.15, -0.1) is 0 Å². The molecule has 1 amide bonds. The van der Waals surface area contributed by atoms with E-state index in [4.69, 9.17) is 9.47 Å². The van der Waals surface area contributed by atoms with Crippen LogP contribution >= 0.6 is 0 Å². The number of carbonyl (C=O) groups is 1. The topological polar surface area (TPSA) is 149 Å². The molecule has 6 N–H and O–H groups in total. The Morgan fingerprint density at radius 2 is 0.862 bits per heavy atom. The molecule has 1 saturated heterocycles. The summed E-state index contributed by atoms with van der Waals surface area (Å²) >= 11 is 0. The van der Waals surface area contributed by atoms with E-state index in [1.54, 1.807) is 6.08 Å². The Morgan fingerprint density at radius 3 is 1.25 bits per heavy atom. The molecule has 0 aliphatic carbocycles. The van der Waals surface area contributed by atoms with Crippen LogP contribution in [0.5, 0.6) is 0 Å². The molecule has 7 unspecified atom stereocenters. The Kier molecular flexibility index (Phi) is 44.0. The summed E-state index contributed by atoms with van der Waals surface area (Å²) in [6.07, 6.45) is 51.0. The average Bonchev–Trinajstić information content (AvgIpc) is 3.31. The van der Waals surface area contributed by atoms with Gasteiger partial charge in [-0.05, 0) is 44.9 Å². The Balaban J connectivity index is 2.23. The van der Waals surface area contributed by atoms with Gasteiger partial charge in [0.2, 0.25) is 5.91 Å². The molecule has 0 aromatic rings. The van der Waals surface area contributed by atoms with E-state index >= 15 is 0 Å². The maximum absolute atomic E-state index is 13.0. The van der Waals surface area contributed by atoms with Gasteiger partial charge in [0, 0.05) is 6.42 Å². The van der Waals surface area contributed by atoms with Crippen molar-refractivity contribution in [1.29, 1.82) is 0 Å². The van der Waals surface area contributed by atoms with Crippen molar-refractivity contribution in [2.24, 2.45) is 0 Å². The van der Waals surface area contributed by atoms with E-state index in [-0.39, 0.29) is 12.5 Å². The highest BCUT2D eigenvalue weighted by atomic mass is 16.7. The lowest BCUT2D eigenvalue weighted by atomic mass is 9.99. The third-order valence-electron chi connectivity index (χ3n) is 13.5. The summed E-state index contributed by atoms with van der Waals surface area (Å²) in [5, 5.41) is 54.4. The van der Waals surface area contributed by atoms with Gasteiger partial charge in [-0.25, -0.2) is 0 Å². The number of hydrogen-bond acceptors (Lipinski definition) is 8. The molecule has 9 nitrogen and oxygen atoms in total. The highest BCUT2D eigenvalue weighted by molar-refractivity contribution is 5.76. The molecule has 1 rings (SSSR count). The molecule has 1 heterocycles. The van der Waals surface area contributed by atoms with E-state index in [1.807, 2.05) is 6.08 Å². The Morgan fingerprint density at radius 1 is 0.508 bits per heavy atom. The lowest BCUT2D eigenvalue weighted by molar-refractivity contribution is -0.302. The van der Waals surface area contributed by atoms with Crippen LogP contribution in [0.1, 0.15) is 271 Å². The Bertz CT molecular complexity index is 1070. The molecule has 0 aromatic carbocycles. The fraction of sp³-hybridized carbons (Fsp3) is 0.911. The first-order chi connectivity index (χ1) is 31.8. The van der Waals surface area contributed by atoms with Crippen molar-refractivity contribution in [2.45, 2.75) is 314 Å². The van der Waals surface area contributed by atoms with Crippen LogP contribution in [0, 0.1) is 0 Å². The number of hydrogen-bond donors (Lipinski definition) is 6. The second-order valence-electron chi connectivity index (χ2n) is 19.7. The minimum atomic E-state index is -1.57. The highest BCUT2D eigenvalue weighted by Gasteiger charge is 2.44. The number of nitrogens with one attached hydrogen (secondary N) is 1. The molecule has 7 atom stereocenters. The zero-order valence-corrected chi connectivity index (χ0v) is 42.5. The van der Waals surface area contributed by atoms with Crippen LogP contribution in [-0.4, -0.2) is 87.5 Å². The first kappa shape index (κ1) is 61.7. The molecule has 0 aromatic heterocycles. The van der Waals surface area contributed by atoms with Crippen LogP contribution < -0.4 is 5.32 Å². The molecular formula is C56H107NO8. The minimum absolute atomic E-state index is 0.182. The van der Waals surface area contributed by atoms with Gasteiger partial charge in [0.1, 0.15) is 24.4 Å². The van der Waals surface area contributed by atoms with Gasteiger partial charge in [-0.3, -0.25) is 4.79 Å². The smallest absolute Gasteiger partial charge is 0.220 e. The first-order valence-corrected chi connectivity index (χ1v) is 28.1. The summed E-state index contributed by atoms with van der Waals surface area (Å²) in [6.45, 7) is 3.80. The van der Waals surface area contributed by atoms with Gasteiger partial charge < -0.3 is 40.3 Å². The number of aliphatic hydroxyl groups is 5. The summed E-state index contributed by atoms with van der Waals surface area (Å²) < 4.78 is 11.3. The predicted octanol–water partition coefficient (Wildman–Crippen LogP) is 13.4. The van der Waals surface area contributed by atoms with E-state index in [1.165, 1.54) is 193 Å². The number of carbonyl (C=O) groups excluding carboxylic acids is 1. The number of unbranched alkanes of at least 4 members (excludes halogenated alkanes) is 36. The van der Waals surface area contributed by atoms with Crippen LogP contribution in [0.2, 0.25) is 0 Å². The summed E-state index contributed by atoms with van der Waals surface area (Å²) in [5.41, 5.74) is 0. The number of allylic oxidation sites excluding steroid dienone is 3.